The zero-order valence-corrected chi connectivity index (χ0v) is 23.4. The van der Waals surface area contributed by atoms with Crippen LogP contribution in [0.4, 0.5) is 0 Å². The Morgan fingerprint density at radius 3 is 2.50 bits per heavy atom. The summed E-state index contributed by atoms with van der Waals surface area (Å²) in [7, 11) is -2.51. The third kappa shape index (κ3) is 6.07. The minimum absolute atomic E-state index is 0.0326. The third-order valence-corrected chi connectivity index (χ3v) is 8.53. The Bertz CT molecular complexity index is 1500. The van der Waals surface area contributed by atoms with Crippen LogP contribution in [0, 0.1) is 0 Å². The van der Waals surface area contributed by atoms with E-state index < -0.39 is 27.4 Å². The fourth-order valence-electron chi connectivity index (χ4n) is 4.31. The number of nitrogens with one attached hydrogen (secondary N) is 1. The predicted octanol–water partition coefficient (Wildman–Crippen LogP) is 4.45. The highest BCUT2D eigenvalue weighted by molar-refractivity contribution is 8.13. The molecule has 38 heavy (non-hydrogen) atoms. The quantitative estimate of drug-likeness (QED) is 0.478. The summed E-state index contributed by atoms with van der Waals surface area (Å²) in [6, 6.07) is 6.86. The summed E-state index contributed by atoms with van der Waals surface area (Å²) < 4.78 is 12.1. The zero-order valence-electron chi connectivity index (χ0n) is 20.3. The fraction of sp³-hybridized carbons (Fsp3) is 0.269. The van der Waals surface area contributed by atoms with Crippen molar-refractivity contribution in [3.05, 3.63) is 79.4 Å². The number of hydrogen-bond donors (Lipinski definition) is 2. The van der Waals surface area contributed by atoms with E-state index in [-0.39, 0.29) is 34.5 Å². The Labute approximate surface area is 235 Å². The number of carboxylic acids is 1. The second kappa shape index (κ2) is 11.1. The van der Waals surface area contributed by atoms with Gasteiger partial charge in [0.25, 0.3) is 11.8 Å². The molecule has 0 spiro atoms. The molecule has 8 nitrogen and oxygen atoms in total. The SMILES string of the molecule is C=S(C)(=O)C1=NC(C[C@H](NC(=O)c2c(Cl)cc3c(c2Cl)CCN(C(=O)c2ccc(Cl)cc2)C3)C(=O)O)=CC1. The smallest absolute Gasteiger partial charge is 0.326 e. The molecule has 4 rings (SSSR count). The monoisotopic (exact) mass is 595 g/mol. The van der Waals surface area contributed by atoms with Gasteiger partial charge in [-0.2, -0.15) is 0 Å². The molecule has 2 N–H and O–H groups in total. The number of hydrogen-bond acceptors (Lipinski definition) is 5. The number of aliphatic carboxylic acids is 1. The number of carboxylic acid groups (broad SMARTS) is 1. The third-order valence-electron chi connectivity index (χ3n) is 6.31. The number of rotatable bonds is 6. The first-order chi connectivity index (χ1) is 17.8. The van der Waals surface area contributed by atoms with Gasteiger partial charge >= 0.3 is 5.97 Å². The molecule has 2 aromatic carbocycles. The van der Waals surface area contributed by atoms with Crippen molar-refractivity contribution in [3.63, 3.8) is 0 Å². The minimum Gasteiger partial charge on any atom is -0.480 e. The van der Waals surface area contributed by atoms with Crippen LogP contribution in [0.25, 0.3) is 0 Å². The summed E-state index contributed by atoms with van der Waals surface area (Å²) in [5, 5.41) is 13.3. The van der Waals surface area contributed by atoms with Crippen molar-refractivity contribution in [3.8, 4) is 0 Å². The summed E-state index contributed by atoms with van der Waals surface area (Å²) in [5.41, 5.74) is 2.24. The number of allylic oxidation sites excluding steroid dienone is 1. The van der Waals surface area contributed by atoms with Crippen LogP contribution in [0.5, 0.6) is 0 Å². The number of aliphatic imine (C=N–C) groups is 1. The van der Waals surface area contributed by atoms with Gasteiger partial charge in [-0.3, -0.25) is 13.8 Å². The highest BCUT2D eigenvalue weighted by Crippen LogP contribution is 2.35. The lowest BCUT2D eigenvalue weighted by Crippen LogP contribution is -2.41. The first-order valence-electron chi connectivity index (χ1n) is 11.5. The molecule has 1 unspecified atom stereocenters. The first-order valence-corrected chi connectivity index (χ1v) is 14.8. The average molecular weight is 597 g/mol. The van der Waals surface area contributed by atoms with Gasteiger partial charge in [-0.25, -0.2) is 9.79 Å². The van der Waals surface area contributed by atoms with Gasteiger partial charge in [-0.1, -0.05) is 40.9 Å². The number of carbonyl (C=O) groups excluding carboxylic acids is 2. The Hall–Kier alpha value is -2.85. The van der Waals surface area contributed by atoms with Crippen molar-refractivity contribution in [2.24, 2.45) is 4.99 Å². The maximum absolute atomic E-state index is 13.1. The number of nitrogens with zero attached hydrogens (tertiary/aromatic N) is 2. The number of fused-ring (bicyclic) bond motifs is 1. The van der Waals surface area contributed by atoms with Crippen LogP contribution >= 0.6 is 34.8 Å². The molecule has 200 valence electrons. The summed E-state index contributed by atoms with van der Waals surface area (Å²) in [5.74, 6) is 1.42. The lowest BCUT2D eigenvalue weighted by molar-refractivity contribution is -0.139. The molecule has 0 aliphatic carbocycles. The standard InChI is InChI=1S/C26H24Cl3N3O5S/c1-38(2,37)21-8-7-17(30-21)12-20(26(35)36)31-24(33)22-19(28)11-15-13-32(10-9-18(15)23(22)29)25(34)14-3-5-16(27)6-4-14/h3-7,11,20H,1,8-10,12-13H2,2H3,(H,31,33)(H,35,36)/t20-,38?/m0/s1. The van der Waals surface area contributed by atoms with Crippen LogP contribution in [0.1, 0.15) is 44.7 Å². The van der Waals surface area contributed by atoms with Gasteiger partial charge in [0.05, 0.1) is 20.7 Å². The Morgan fingerprint density at radius 2 is 1.89 bits per heavy atom. The van der Waals surface area contributed by atoms with Crippen molar-refractivity contribution in [1.29, 1.82) is 0 Å². The Balaban J connectivity index is 1.52. The maximum Gasteiger partial charge on any atom is 0.326 e. The molecule has 2 heterocycles. The van der Waals surface area contributed by atoms with E-state index in [1.807, 2.05) is 0 Å². The number of halogens is 3. The molecule has 0 fully saturated rings. The second-order valence-electron chi connectivity index (χ2n) is 9.15. The molecule has 12 heteroatoms. The van der Waals surface area contributed by atoms with E-state index in [2.05, 4.69) is 16.2 Å². The van der Waals surface area contributed by atoms with Crippen LogP contribution in [0.2, 0.25) is 15.1 Å². The van der Waals surface area contributed by atoms with Gasteiger partial charge in [0, 0.05) is 58.0 Å². The van der Waals surface area contributed by atoms with Crippen molar-refractivity contribution in [2.75, 3.05) is 12.8 Å². The van der Waals surface area contributed by atoms with E-state index in [4.69, 9.17) is 34.8 Å². The lowest BCUT2D eigenvalue weighted by atomic mass is 9.95. The van der Waals surface area contributed by atoms with E-state index in [9.17, 15) is 23.7 Å². The van der Waals surface area contributed by atoms with Gasteiger partial charge in [-0.15, -0.1) is 0 Å². The van der Waals surface area contributed by atoms with E-state index in [1.54, 1.807) is 41.3 Å². The van der Waals surface area contributed by atoms with E-state index in [0.29, 0.717) is 51.8 Å². The molecular weight excluding hydrogens is 573 g/mol. The Kier molecular flexibility index (Phi) is 8.23. The molecular formula is C26H24Cl3N3O5S. The molecule has 2 aromatic rings. The van der Waals surface area contributed by atoms with Crippen LogP contribution in [-0.2, 0) is 27.3 Å². The van der Waals surface area contributed by atoms with Gasteiger partial charge in [0.1, 0.15) is 6.04 Å². The summed E-state index contributed by atoms with van der Waals surface area (Å²) >= 11 is 19.0. The van der Waals surface area contributed by atoms with Gasteiger partial charge in [0.2, 0.25) is 0 Å². The van der Waals surface area contributed by atoms with E-state index in [0.717, 1.165) is 0 Å². The zero-order chi connectivity index (χ0) is 27.8. The van der Waals surface area contributed by atoms with Crippen molar-refractivity contribution >= 4 is 73.0 Å². The van der Waals surface area contributed by atoms with Gasteiger partial charge in [0.15, 0.2) is 0 Å². The predicted molar refractivity (Wildman–Crippen MR) is 151 cm³/mol. The molecule has 0 saturated heterocycles. The molecule has 2 aliphatic rings. The summed E-state index contributed by atoms with van der Waals surface area (Å²) in [6.45, 7) is 0.618. The molecule has 2 aliphatic heterocycles. The molecule has 0 bridgehead atoms. The van der Waals surface area contributed by atoms with Crippen molar-refractivity contribution in [2.45, 2.75) is 31.8 Å². The van der Waals surface area contributed by atoms with Crippen LogP contribution in [0.15, 0.2) is 47.1 Å². The fourth-order valence-corrected chi connectivity index (χ4v) is 5.94. The lowest BCUT2D eigenvalue weighted by Gasteiger charge is -2.30. The topological polar surface area (TPSA) is 116 Å². The molecule has 0 saturated carbocycles. The number of benzene rings is 2. The van der Waals surface area contributed by atoms with Gasteiger partial charge in [-0.05, 0) is 53.7 Å². The number of amides is 2. The Morgan fingerprint density at radius 1 is 1.21 bits per heavy atom. The largest absolute Gasteiger partial charge is 0.480 e. The summed E-state index contributed by atoms with van der Waals surface area (Å²) in [4.78, 5) is 43.9. The van der Waals surface area contributed by atoms with Crippen molar-refractivity contribution < 1.29 is 23.7 Å². The van der Waals surface area contributed by atoms with Crippen molar-refractivity contribution in [1.82, 2.24) is 10.2 Å². The highest BCUT2D eigenvalue weighted by atomic mass is 35.5. The first kappa shape index (κ1) is 28.2. The minimum atomic E-state index is -2.51. The van der Waals surface area contributed by atoms with Gasteiger partial charge < -0.3 is 15.3 Å². The average Bonchev–Trinajstić information content (AvgIpc) is 3.32. The molecule has 0 aromatic heterocycles. The number of carbonyl (C=O) groups is 3. The van der Waals surface area contributed by atoms with E-state index in [1.165, 1.54) is 6.26 Å². The molecule has 2 atom stereocenters. The van der Waals surface area contributed by atoms with Crippen LogP contribution < -0.4 is 5.32 Å². The molecule has 2 amide bonds. The van der Waals surface area contributed by atoms with E-state index >= 15 is 0 Å². The van der Waals surface area contributed by atoms with Crippen LogP contribution in [-0.4, -0.2) is 61.8 Å². The second-order valence-corrected chi connectivity index (χ2v) is 12.9. The van der Waals surface area contributed by atoms with Crippen LogP contribution in [0.3, 0.4) is 0 Å². The maximum atomic E-state index is 13.1. The highest BCUT2D eigenvalue weighted by Gasteiger charge is 2.30. The normalized spacial score (nSPS) is 17.1. The summed E-state index contributed by atoms with van der Waals surface area (Å²) in [6.07, 6.45) is 3.73. The molecule has 0 radical (unpaired) electrons.